The first kappa shape index (κ1) is 16.9. The van der Waals surface area contributed by atoms with Gasteiger partial charge in [0.25, 0.3) is 0 Å². The lowest BCUT2D eigenvalue weighted by atomic mass is 10.0. The molecule has 0 aliphatic heterocycles. The molecular weight excluding hydrogens is 336 g/mol. The molecule has 0 saturated heterocycles. The van der Waals surface area contributed by atoms with E-state index < -0.39 is 0 Å². The van der Waals surface area contributed by atoms with Gasteiger partial charge in [-0.2, -0.15) is 0 Å². The van der Waals surface area contributed by atoms with Crippen LogP contribution in [0.5, 0.6) is 23.0 Å². The highest BCUT2D eigenvalue weighted by molar-refractivity contribution is 5.98. The van der Waals surface area contributed by atoms with Gasteiger partial charge >= 0.3 is 0 Å². The molecule has 0 aliphatic rings. The molecule has 0 atom stereocenters. The van der Waals surface area contributed by atoms with Crippen LogP contribution in [-0.4, -0.2) is 5.78 Å². The fraction of sp³-hybridized carbons (Fsp3) is 0.0417. The summed E-state index contributed by atoms with van der Waals surface area (Å²) in [6.07, 6.45) is 0. The lowest BCUT2D eigenvalue weighted by Gasteiger charge is -2.09. The van der Waals surface area contributed by atoms with Crippen LogP contribution in [0.15, 0.2) is 91.0 Å². The molecule has 4 aromatic carbocycles. The summed E-state index contributed by atoms with van der Waals surface area (Å²) in [5, 5.41) is 2.04. The molecule has 0 spiro atoms. The van der Waals surface area contributed by atoms with E-state index in [1.165, 1.54) is 0 Å². The summed E-state index contributed by atoms with van der Waals surface area (Å²) in [5.74, 6) is 3.09. The van der Waals surface area contributed by atoms with E-state index in [0.717, 1.165) is 33.8 Å². The summed E-state index contributed by atoms with van der Waals surface area (Å²) < 4.78 is 11.7. The maximum atomic E-state index is 11.5. The summed E-state index contributed by atoms with van der Waals surface area (Å²) in [4.78, 5) is 11.5. The molecule has 0 heterocycles. The predicted molar refractivity (Wildman–Crippen MR) is 107 cm³/mol. The Balaban J connectivity index is 1.50. The number of benzene rings is 4. The van der Waals surface area contributed by atoms with Crippen molar-refractivity contribution in [2.75, 3.05) is 0 Å². The molecule has 4 aromatic rings. The third kappa shape index (κ3) is 3.98. The average molecular weight is 354 g/mol. The van der Waals surface area contributed by atoms with Gasteiger partial charge in [-0.1, -0.05) is 36.4 Å². The van der Waals surface area contributed by atoms with E-state index in [1.54, 1.807) is 6.92 Å². The third-order valence-corrected chi connectivity index (χ3v) is 4.26. The number of rotatable bonds is 5. The average Bonchev–Trinajstić information content (AvgIpc) is 2.70. The molecular formula is C24H18O3. The summed E-state index contributed by atoms with van der Waals surface area (Å²) in [6, 6.07) is 28.7. The van der Waals surface area contributed by atoms with E-state index >= 15 is 0 Å². The number of fused-ring (bicyclic) bond motifs is 1. The molecule has 4 rings (SSSR count). The first-order chi connectivity index (χ1) is 13.2. The van der Waals surface area contributed by atoms with Crippen molar-refractivity contribution in [1.29, 1.82) is 0 Å². The second-order valence-corrected chi connectivity index (χ2v) is 6.27. The van der Waals surface area contributed by atoms with Crippen molar-refractivity contribution < 1.29 is 14.3 Å². The van der Waals surface area contributed by atoms with Gasteiger partial charge in [-0.25, -0.2) is 0 Å². The number of hydrogen-bond acceptors (Lipinski definition) is 3. The summed E-state index contributed by atoms with van der Waals surface area (Å²) in [6.45, 7) is 1.57. The molecule has 0 aromatic heterocycles. The molecule has 3 heteroatoms. The molecule has 0 saturated carbocycles. The van der Waals surface area contributed by atoms with E-state index in [0.29, 0.717) is 5.56 Å². The van der Waals surface area contributed by atoms with Gasteiger partial charge in [0, 0.05) is 5.56 Å². The smallest absolute Gasteiger partial charge is 0.159 e. The molecule has 0 aliphatic carbocycles. The van der Waals surface area contributed by atoms with Gasteiger partial charge in [0.1, 0.15) is 23.0 Å². The van der Waals surface area contributed by atoms with Crippen LogP contribution in [0.1, 0.15) is 17.3 Å². The van der Waals surface area contributed by atoms with Crippen LogP contribution < -0.4 is 9.47 Å². The second-order valence-electron chi connectivity index (χ2n) is 6.27. The summed E-state index contributed by atoms with van der Waals surface area (Å²) in [5.41, 5.74) is 0.713. The number of ketones is 1. The minimum atomic E-state index is 0.0648. The predicted octanol–water partition coefficient (Wildman–Crippen LogP) is 6.63. The number of para-hydroxylation sites is 1. The van der Waals surface area contributed by atoms with Crippen LogP contribution in [-0.2, 0) is 0 Å². The highest BCUT2D eigenvalue weighted by atomic mass is 16.5. The van der Waals surface area contributed by atoms with Gasteiger partial charge in [0.2, 0.25) is 0 Å². The van der Waals surface area contributed by atoms with Crippen molar-refractivity contribution in [2.45, 2.75) is 6.92 Å². The molecule has 3 nitrogen and oxygen atoms in total. The van der Waals surface area contributed by atoms with Crippen LogP contribution in [0.25, 0.3) is 10.8 Å². The van der Waals surface area contributed by atoms with Gasteiger partial charge in [0.15, 0.2) is 5.78 Å². The van der Waals surface area contributed by atoms with E-state index in [4.69, 9.17) is 9.47 Å². The largest absolute Gasteiger partial charge is 0.457 e. The standard InChI is InChI=1S/C24H18O3/c1-17(25)18-7-8-20-16-24(10-9-19(20)15-18)27-23-13-11-22(12-14-23)26-21-5-3-2-4-6-21/h2-16H,1H3. The molecule has 0 N–H and O–H groups in total. The van der Waals surface area contributed by atoms with Gasteiger partial charge in [-0.3, -0.25) is 4.79 Å². The SMILES string of the molecule is CC(=O)c1ccc2cc(Oc3ccc(Oc4ccccc4)cc3)ccc2c1. The van der Waals surface area contributed by atoms with Gasteiger partial charge in [0.05, 0.1) is 0 Å². The van der Waals surface area contributed by atoms with E-state index in [9.17, 15) is 4.79 Å². The van der Waals surface area contributed by atoms with Gasteiger partial charge < -0.3 is 9.47 Å². The normalized spacial score (nSPS) is 10.6. The van der Waals surface area contributed by atoms with Crippen LogP contribution in [0, 0.1) is 0 Å². The molecule has 132 valence electrons. The van der Waals surface area contributed by atoms with Gasteiger partial charge in [-0.15, -0.1) is 0 Å². The number of ether oxygens (including phenoxy) is 2. The highest BCUT2D eigenvalue weighted by Gasteiger charge is 2.04. The maximum Gasteiger partial charge on any atom is 0.159 e. The Morgan fingerprint density at radius 1 is 0.593 bits per heavy atom. The Kier molecular flexibility index (Phi) is 4.58. The quantitative estimate of drug-likeness (QED) is 0.377. The van der Waals surface area contributed by atoms with Crippen molar-refractivity contribution >= 4 is 16.6 Å². The summed E-state index contributed by atoms with van der Waals surface area (Å²) in [7, 11) is 0. The number of hydrogen-bond donors (Lipinski definition) is 0. The fourth-order valence-electron chi connectivity index (χ4n) is 2.84. The molecule has 0 unspecified atom stereocenters. The van der Waals surface area contributed by atoms with Crippen LogP contribution in [0.4, 0.5) is 0 Å². The minimum absolute atomic E-state index is 0.0648. The minimum Gasteiger partial charge on any atom is -0.457 e. The Morgan fingerprint density at radius 3 is 1.78 bits per heavy atom. The zero-order valence-corrected chi connectivity index (χ0v) is 14.9. The molecule has 0 amide bonds. The highest BCUT2D eigenvalue weighted by Crippen LogP contribution is 2.29. The van der Waals surface area contributed by atoms with Crippen LogP contribution in [0.3, 0.4) is 0 Å². The van der Waals surface area contributed by atoms with Crippen molar-refractivity contribution in [1.82, 2.24) is 0 Å². The Bertz CT molecular complexity index is 1080. The first-order valence-corrected chi connectivity index (χ1v) is 8.73. The molecule has 0 fully saturated rings. The topological polar surface area (TPSA) is 35.5 Å². The monoisotopic (exact) mass is 354 g/mol. The Morgan fingerprint density at radius 2 is 1.11 bits per heavy atom. The molecule has 27 heavy (non-hydrogen) atoms. The van der Waals surface area contributed by atoms with E-state index in [-0.39, 0.29) is 5.78 Å². The van der Waals surface area contributed by atoms with Gasteiger partial charge in [-0.05, 0) is 72.3 Å². The summed E-state index contributed by atoms with van der Waals surface area (Å²) >= 11 is 0. The zero-order valence-electron chi connectivity index (χ0n) is 14.9. The second kappa shape index (κ2) is 7.34. The molecule has 0 radical (unpaired) electrons. The Hall–Kier alpha value is -3.59. The van der Waals surface area contributed by atoms with E-state index in [2.05, 4.69) is 0 Å². The van der Waals surface area contributed by atoms with Crippen molar-refractivity contribution in [2.24, 2.45) is 0 Å². The lowest BCUT2D eigenvalue weighted by molar-refractivity contribution is 0.101. The van der Waals surface area contributed by atoms with Crippen molar-refractivity contribution in [3.63, 3.8) is 0 Å². The number of carbonyl (C=O) groups is 1. The first-order valence-electron chi connectivity index (χ1n) is 8.73. The zero-order chi connectivity index (χ0) is 18.6. The molecule has 0 bridgehead atoms. The lowest BCUT2D eigenvalue weighted by Crippen LogP contribution is -1.91. The fourth-order valence-corrected chi connectivity index (χ4v) is 2.84. The van der Waals surface area contributed by atoms with Crippen molar-refractivity contribution in [3.05, 3.63) is 96.6 Å². The van der Waals surface area contributed by atoms with Crippen LogP contribution in [0.2, 0.25) is 0 Å². The number of carbonyl (C=O) groups excluding carboxylic acids is 1. The third-order valence-electron chi connectivity index (χ3n) is 4.26. The van der Waals surface area contributed by atoms with Crippen molar-refractivity contribution in [3.8, 4) is 23.0 Å². The maximum absolute atomic E-state index is 11.5. The Labute approximate surface area is 157 Å². The van der Waals surface area contributed by atoms with E-state index in [1.807, 2.05) is 91.0 Å². The number of Topliss-reactive ketones (excluding diaryl/α,β-unsaturated/α-hetero) is 1. The van der Waals surface area contributed by atoms with Crippen LogP contribution >= 0.6 is 0 Å².